The molecule has 1 fully saturated rings. The lowest BCUT2D eigenvalue weighted by Gasteiger charge is -2.28. The molecule has 1 amide bonds. The second kappa shape index (κ2) is 8.15. The van der Waals surface area contributed by atoms with E-state index in [0.717, 1.165) is 18.2 Å². The van der Waals surface area contributed by atoms with E-state index in [2.05, 4.69) is 22.6 Å². The van der Waals surface area contributed by atoms with E-state index in [1.165, 1.54) is 37.9 Å². The molecule has 1 aromatic carbocycles. The zero-order chi connectivity index (χ0) is 15.1. The van der Waals surface area contributed by atoms with E-state index < -0.39 is 0 Å². The molecule has 1 aliphatic rings. The van der Waals surface area contributed by atoms with Crippen LogP contribution in [0.2, 0.25) is 0 Å². The van der Waals surface area contributed by atoms with Gasteiger partial charge in [-0.25, -0.2) is 0 Å². The summed E-state index contributed by atoms with van der Waals surface area (Å²) < 4.78 is 0. The molecule has 4 nitrogen and oxygen atoms in total. The highest BCUT2D eigenvalue weighted by Crippen LogP contribution is 2.18. The monoisotopic (exact) mass is 289 g/mol. The van der Waals surface area contributed by atoms with Gasteiger partial charge in [-0.1, -0.05) is 17.7 Å². The van der Waals surface area contributed by atoms with Crippen LogP contribution >= 0.6 is 0 Å². The summed E-state index contributed by atoms with van der Waals surface area (Å²) in [6, 6.07) is 7.88. The number of likely N-dealkylation sites (tertiary alicyclic amines) is 1. The van der Waals surface area contributed by atoms with Gasteiger partial charge < -0.3 is 15.5 Å². The molecule has 2 N–H and O–H groups in total. The number of piperidine rings is 1. The van der Waals surface area contributed by atoms with Crippen LogP contribution in [-0.2, 0) is 4.79 Å². The normalized spacial score (nSPS) is 16.9. The maximum absolute atomic E-state index is 11.8. The van der Waals surface area contributed by atoms with Crippen LogP contribution in [0.3, 0.4) is 0 Å². The topological polar surface area (TPSA) is 44.4 Å². The quantitative estimate of drug-likeness (QED) is 0.790. The lowest BCUT2D eigenvalue weighted by Crippen LogP contribution is -2.33. The summed E-state index contributed by atoms with van der Waals surface area (Å²) >= 11 is 0. The number of benzene rings is 1. The minimum atomic E-state index is 0.0298. The average Bonchev–Trinajstić information content (AvgIpc) is 2.48. The van der Waals surface area contributed by atoms with Crippen LogP contribution in [0.25, 0.3) is 0 Å². The first-order chi connectivity index (χ1) is 10.1. The van der Waals surface area contributed by atoms with Crippen molar-refractivity contribution >= 4 is 11.6 Å². The van der Waals surface area contributed by atoms with Crippen LogP contribution in [0.15, 0.2) is 24.3 Å². The smallest absolute Gasteiger partial charge is 0.238 e. The molecule has 2 rings (SSSR count). The summed E-state index contributed by atoms with van der Waals surface area (Å²) in [7, 11) is 2.18. The molecule has 0 unspecified atom stereocenters. The van der Waals surface area contributed by atoms with Crippen molar-refractivity contribution in [3.63, 3.8) is 0 Å². The van der Waals surface area contributed by atoms with Gasteiger partial charge in [0, 0.05) is 5.69 Å². The fourth-order valence-corrected chi connectivity index (χ4v) is 2.70. The van der Waals surface area contributed by atoms with Gasteiger partial charge in [-0.15, -0.1) is 0 Å². The van der Waals surface area contributed by atoms with Crippen LogP contribution < -0.4 is 10.6 Å². The van der Waals surface area contributed by atoms with E-state index in [4.69, 9.17) is 0 Å². The molecular weight excluding hydrogens is 262 g/mol. The Morgan fingerprint density at radius 1 is 1.24 bits per heavy atom. The Kier molecular flexibility index (Phi) is 6.21. The fourth-order valence-electron chi connectivity index (χ4n) is 2.70. The number of nitrogens with one attached hydrogen (secondary N) is 2. The molecule has 0 aliphatic carbocycles. The molecule has 4 heteroatoms. The SMILES string of the molecule is Cc1ccc(NC(=O)CNCCC2CCN(C)CC2)cc1. The zero-order valence-corrected chi connectivity index (χ0v) is 13.2. The van der Waals surface area contributed by atoms with Gasteiger partial charge in [-0.2, -0.15) is 0 Å². The third-order valence-corrected chi connectivity index (χ3v) is 4.19. The van der Waals surface area contributed by atoms with Gasteiger partial charge >= 0.3 is 0 Å². The Morgan fingerprint density at radius 3 is 2.57 bits per heavy atom. The second-order valence-electron chi connectivity index (χ2n) is 6.13. The summed E-state index contributed by atoms with van der Waals surface area (Å²) in [6.07, 6.45) is 3.74. The number of hydrogen-bond donors (Lipinski definition) is 2. The minimum Gasteiger partial charge on any atom is -0.325 e. The Balaban J connectivity index is 1.58. The van der Waals surface area contributed by atoms with Gasteiger partial charge in [-0.05, 0) is 70.9 Å². The summed E-state index contributed by atoms with van der Waals surface area (Å²) in [5.74, 6) is 0.844. The van der Waals surface area contributed by atoms with E-state index >= 15 is 0 Å². The Morgan fingerprint density at radius 2 is 1.90 bits per heavy atom. The molecule has 0 bridgehead atoms. The van der Waals surface area contributed by atoms with Crippen molar-refractivity contribution in [2.45, 2.75) is 26.2 Å². The third-order valence-electron chi connectivity index (χ3n) is 4.19. The highest BCUT2D eigenvalue weighted by molar-refractivity contribution is 5.92. The first kappa shape index (κ1) is 16.0. The lowest BCUT2D eigenvalue weighted by atomic mass is 9.94. The number of hydrogen-bond acceptors (Lipinski definition) is 3. The molecule has 116 valence electrons. The molecule has 0 radical (unpaired) electrons. The third kappa shape index (κ3) is 5.86. The number of carbonyl (C=O) groups excluding carboxylic acids is 1. The van der Waals surface area contributed by atoms with E-state index in [0.29, 0.717) is 6.54 Å². The molecule has 1 aromatic rings. The van der Waals surface area contributed by atoms with Crippen molar-refractivity contribution in [3.8, 4) is 0 Å². The predicted molar refractivity (Wildman–Crippen MR) is 87.5 cm³/mol. The first-order valence-electron chi connectivity index (χ1n) is 7.89. The lowest BCUT2D eigenvalue weighted by molar-refractivity contribution is -0.115. The summed E-state index contributed by atoms with van der Waals surface area (Å²) in [5.41, 5.74) is 2.06. The Hall–Kier alpha value is -1.39. The second-order valence-corrected chi connectivity index (χ2v) is 6.13. The number of rotatable bonds is 6. The van der Waals surface area contributed by atoms with Crippen LogP contribution in [0, 0.1) is 12.8 Å². The molecule has 0 atom stereocenters. The highest BCUT2D eigenvalue weighted by atomic mass is 16.1. The maximum atomic E-state index is 11.8. The van der Waals surface area contributed by atoms with Gasteiger partial charge in [0.15, 0.2) is 0 Å². The molecule has 1 saturated heterocycles. The van der Waals surface area contributed by atoms with Gasteiger partial charge in [-0.3, -0.25) is 4.79 Å². The summed E-state index contributed by atoms with van der Waals surface area (Å²) in [5, 5.41) is 6.15. The Labute approximate surface area is 127 Å². The van der Waals surface area contributed by atoms with Crippen LogP contribution in [0.5, 0.6) is 0 Å². The van der Waals surface area contributed by atoms with Crippen LogP contribution in [-0.4, -0.2) is 44.0 Å². The first-order valence-corrected chi connectivity index (χ1v) is 7.89. The minimum absolute atomic E-state index is 0.0298. The van der Waals surface area contributed by atoms with Crippen LogP contribution in [0.4, 0.5) is 5.69 Å². The molecule has 0 spiro atoms. The molecule has 0 saturated carbocycles. The van der Waals surface area contributed by atoms with Crippen molar-refractivity contribution in [2.75, 3.05) is 38.5 Å². The summed E-state index contributed by atoms with van der Waals surface area (Å²) in [6.45, 7) is 5.77. The zero-order valence-electron chi connectivity index (χ0n) is 13.2. The van der Waals surface area contributed by atoms with Gasteiger partial charge in [0.1, 0.15) is 0 Å². The number of nitrogens with zero attached hydrogens (tertiary/aromatic N) is 1. The van der Waals surface area contributed by atoms with Gasteiger partial charge in [0.2, 0.25) is 5.91 Å². The van der Waals surface area contributed by atoms with Crippen molar-refractivity contribution in [1.29, 1.82) is 0 Å². The molecular formula is C17H27N3O. The highest BCUT2D eigenvalue weighted by Gasteiger charge is 2.15. The Bertz CT molecular complexity index is 436. The van der Waals surface area contributed by atoms with E-state index in [1.807, 2.05) is 31.2 Å². The number of carbonyl (C=O) groups is 1. The standard InChI is InChI=1S/C17H27N3O/c1-14-3-5-16(6-4-14)19-17(21)13-18-10-7-15-8-11-20(2)12-9-15/h3-6,15,18H,7-13H2,1-2H3,(H,19,21). The molecule has 0 aromatic heterocycles. The fraction of sp³-hybridized carbons (Fsp3) is 0.588. The molecule has 21 heavy (non-hydrogen) atoms. The van der Waals surface area contributed by atoms with Gasteiger partial charge in [0.25, 0.3) is 0 Å². The van der Waals surface area contributed by atoms with Crippen molar-refractivity contribution < 1.29 is 4.79 Å². The maximum Gasteiger partial charge on any atom is 0.238 e. The van der Waals surface area contributed by atoms with Crippen molar-refractivity contribution in [2.24, 2.45) is 5.92 Å². The van der Waals surface area contributed by atoms with Gasteiger partial charge in [0.05, 0.1) is 6.54 Å². The average molecular weight is 289 g/mol. The van der Waals surface area contributed by atoms with E-state index in [-0.39, 0.29) is 5.91 Å². The number of aryl methyl sites for hydroxylation is 1. The predicted octanol–water partition coefficient (Wildman–Crippen LogP) is 2.26. The summed E-state index contributed by atoms with van der Waals surface area (Å²) in [4.78, 5) is 14.2. The van der Waals surface area contributed by atoms with Crippen LogP contribution in [0.1, 0.15) is 24.8 Å². The van der Waals surface area contributed by atoms with Crippen molar-refractivity contribution in [3.05, 3.63) is 29.8 Å². The molecule has 1 heterocycles. The number of anilines is 1. The van der Waals surface area contributed by atoms with E-state index in [1.54, 1.807) is 0 Å². The number of amides is 1. The largest absolute Gasteiger partial charge is 0.325 e. The molecule has 1 aliphatic heterocycles. The van der Waals surface area contributed by atoms with Crippen molar-refractivity contribution in [1.82, 2.24) is 10.2 Å². The van der Waals surface area contributed by atoms with E-state index in [9.17, 15) is 4.79 Å².